The monoisotopic (exact) mass is 512 g/mol. The summed E-state index contributed by atoms with van der Waals surface area (Å²) in [6.45, 7) is 0. The van der Waals surface area contributed by atoms with Crippen molar-refractivity contribution in [3.8, 4) is 0 Å². The molecule has 1 aromatic heterocycles. The van der Waals surface area contributed by atoms with E-state index in [1.807, 2.05) is 0 Å². The summed E-state index contributed by atoms with van der Waals surface area (Å²) in [6, 6.07) is 8.68. The summed E-state index contributed by atoms with van der Waals surface area (Å²) >= 11 is 0. The van der Waals surface area contributed by atoms with Crippen molar-refractivity contribution in [2.45, 2.75) is 12.3 Å². The molecule has 1 heterocycles. The zero-order chi connectivity index (χ0) is 12.7. The van der Waals surface area contributed by atoms with Crippen molar-refractivity contribution in [1.82, 2.24) is 4.57 Å². The molecule has 1 aromatic carbocycles. The largest absolute Gasteiger partial charge is 1.00 e. The molecule has 0 aliphatic heterocycles. The van der Waals surface area contributed by atoms with Crippen molar-refractivity contribution in [2.75, 3.05) is 0 Å². The van der Waals surface area contributed by atoms with E-state index in [4.69, 9.17) is 0 Å². The van der Waals surface area contributed by atoms with E-state index in [9.17, 15) is 0 Å². The van der Waals surface area contributed by atoms with Crippen molar-refractivity contribution in [3.05, 3.63) is 77.1 Å². The molecule has 2 aliphatic carbocycles. The quantitative estimate of drug-likeness (QED) is 0.355. The van der Waals surface area contributed by atoms with Gasteiger partial charge in [0.25, 0.3) is 0 Å². The molecule has 0 spiro atoms. The van der Waals surface area contributed by atoms with Crippen molar-refractivity contribution in [1.29, 1.82) is 0 Å². The van der Waals surface area contributed by atoms with Gasteiger partial charge in [0.15, 0.2) is 0 Å². The minimum atomic E-state index is 0. The van der Waals surface area contributed by atoms with Gasteiger partial charge in [-0.2, -0.15) is 6.08 Å². The first-order valence-electron chi connectivity index (χ1n) is 6.49. The number of rotatable bonds is 2. The van der Waals surface area contributed by atoms with Gasteiger partial charge in [-0.25, -0.2) is 11.6 Å². The fraction of sp³-hybridized carbons (Fsp3) is 0.118. The number of allylic oxidation sites excluding steroid dienone is 5. The third-order valence-electron chi connectivity index (χ3n) is 3.74. The van der Waals surface area contributed by atoms with Crippen molar-refractivity contribution in [3.63, 3.8) is 0 Å². The predicted molar refractivity (Wildman–Crippen MR) is 80.8 cm³/mol. The molecule has 1 nitrogen and oxygen atoms in total. The number of nitrogens with zero attached hydrogens (tertiary/aromatic N) is 1. The zero-order valence-corrected chi connectivity index (χ0v) is 17.7. The molecule has 0 saturated heterocycles. The maximum atomic E-state index is 3.49. The summed E-state index contributed by atoms with van der Waals surface area (Å²) in [7, 11) is 1.26. The summed E-state index contributed by atoms with van der Waals surface area (Å²) in [6.07, 6.45) is 13.3. The molecule has 0 fully saturated rings. The van der Waals surface area contributed by atoms with Crippen LogP contribution in [0.15, 0.2) is 59.9 Å². The molecule has 112 valence electrons. The fourth-order valence-corrected chi connectivity index (χ4v) is 3.54. The van der Waals surface area contributed by atoms with Crippen LogP contribution in [0, 0.1) is 6.08 Å². The SMILES string of the molecule is [C-]1=C(C2C(n3ccpc3)=Cc3ccccc32)C=CC1.[Cl-].[Cl-].[Hf]. The maximum absolute atomic E-state index is 3.49. The van der Waals surface area contributed by atoms with Crippen molar-refractivity contribution < 1.29 is 50.7 Å². The molecule has 1 atom stereocenters. The van der Waals surface area contributed by atoms with Gasteiger partial charge in [-0.15, -0.1) is 6.42 Å². The van der Waals surface area contributed by atoms with Gasteiger partial charge in [0, 0.05) is 49.6 Å². The van der Waals surface area contributed by atoms with Gasteiger partial charge >= 0.3 is 0 Å². The minimum Gasteiger partial charge on any atom is -1.00 e. The van der Waals surface area contributed by atoms with Crippen LogP contribution in [0.3, 0.4) is 0 Å². The Hall–Kier alpha value is -0.400. The molecule has 0 radical (unpaired) electrons. The Bertz CT molecular complexity index is 720. The summed E-state index contributed by atoms with van der Waals surface area (Å²) in [5.74, 6) is 4.72. The van der Waals surface area contributed by atoms with E-state index in [1.165, 1.54) is 30.6 Å². The summed E-state index contributed by atoms with van der Waals surface area (Å²) in [5, 5.41) is 0. The van der Waals surface area contributed by atoms with Crippen molar-refractivity contribution >= 4 is 20.0 Å². The number of aromatic nitrogens is 1. The first-order chi connectivity index (χ1) is 9.43. The van der Waals surface area contributed by atoms with E-state index < -0.39 is 0 Å². The molecule has 0 amide bonds. The second-order valence-electron chi connectivity index (χ2n) is 4.84. The van der Waals surface area contributed by atoms with Gasteiger partial charge in [-0.3, -0.25) is 6.08 Å². The predicted octanol–water partition coefficient (Wildman–Crippen LogP) is -1.14. The molecule has 0 N–H and O–H groups in total. The molecular formula is C17H13Cl2HfNP-3. The molecule has 5 heteroatoms. The van der Waals surface area contributed by atoms with Gasteiger partial charge in [0.2, 0.25) is 0 Å². The Balaban J connectivity index is 0.000000807. The number of benzene rings is 1. The first-order valence-corrected chi connectivity index (χ1v) is 7.53. The first kappa shape index (κ1) is 19.6. The fourth-order valence-electron chi connectivity index (χ4n) is 2.89. The van der Waals surface area contributed by atoms with Crippen LogP contribution in [-0.2, 0) is 25.8 Å². The second kappa shape index (κ2) is 8.45. The van der Waals surface area contributed by atoms with E-state index >= 15 is 0 Å². The van der Waals surface area contributed by atoms with Crippen LogP contribution in [0.1, 0.15) is 23.5 Å². The minimum absolute atomic E-state index is 0. The van der Waals surface area contributed by atoms with Gasteiger partial charge in [0.1, 0.15) is 0 Å². The smallest absolute Gasteiger partial charge is 0.0359 e. The molecule has 4 rings (SSSR count). The van der Waals surface area contributed by atoms with E-state index in [2.05, 4.69) is 71.1 Å². The Morgan fingerprint density at radius 2 is 2.00 bits per heavy atom. The van der Waals surface area contributed by atoms with Crippen LogP contribution in [-0.4, -0.2) is 4.57 Å². The topological polar surface area (TPSA) is 4.93 Å². The van der Waals surface area contributed by atoms with Crippen LogP contribution in [0.4, 0.5) is 0 Å². The van der Waals surface area contributed by atoms with Gasteiger partial charge in [-0.1, -0.05) is 32.5 Å². The average Bonchev–Trinajstić information content (AvgIpc) is 3.17. The van der Waals surface area contributed by atoms with Crippen molar-refractivity contribution in [2.24, 2.45) is 0 Å². The Kier molecular flexibility index (Phi) is 7.55. The third-order valence-corrected chi connectivity index (χ3v) is 4.43. The van der Waals surface area contributed by atoms with Crippen LogP contribution >= 0.6 is 8.19 Å². The van der Waals surface area contributed by atoms with E-state index in [0.29, 0.717) is 5.92 Å². The average molecular weight is 512 g/mol. The van der Waals surface area contributed by atoms with Crippen LogP contribution in [0.2, 0.25) is 0 Å². The van der Waals surface area contributed by atoms with Crippen LogP contribution in [0.5, 0.6) is 0 Å². The Morgan fingerprint density at radius 1 is 1.18 bits per heavy atom. The standard InChI is InChI=1S/C17H13NP.2ClH.Hf/c1-2-6-13(5-1)17-15-8-4-3-7-14(15)11-16(17)18-9-10-19-12-18;;;/h1,3-5,7-12,17H,2H2;2*1H;/q-1;;;/p-2. The second-order valence-corrected chi connectivity index (χ2v) is 5.67. The normalized spacial score (nSPS) is 17.9. The molecule has 2 aliphatic rings. The zero-order valence-electron chi connectivity index (χ0n) is 11.7. The van der Waals surface area contributed by atoms with E-state index in [-0.39, 0.29) is 50.7 Å². The molecular weight excluding hydrogens is 499 g/mol. The summed E-state index contributed by atoms with van der Waals surface area (Å²) in [5.41, 5.74) is 5.39. The summed E-state index contributed by atoms with van der Waals surface area (Å²) < 4.78 is 2.26. The number of fused-ring (bicyclic) bond motifs is 1. The van der Waals surface area contributed by atoms with Gasteiger partial charge in [0.05, 0.1) is 0 Å². The van der Waals surface area contributed by atoms with E-state index in [0.717, 1.165) is 6.42 Å². The van der Waals surface area contributed by atoms with E-state index in [1.54, 1.807) is 0 Å². The Labute approximate surface area is 163 Å². The Morgan fingerprint density at radius 3 is 2.68 bits per heavy atom. The molecule has 0 bridgehead atoms. The molecule has 1 unspecified atom stereocenters. The van der Waals surface area contributed by atoms with Crippen LogP contribution < -0.4 is 24.8 Å². The summed E-state index contributed by atoms with van der Waals surface area (Å²) in [4.78, 5) is 0. The van der Waals surface area contributed by atoms with Gasteiger partial charge in [-0.05, 0) is 23.0 Å². The van der Waals surface area contributed by atoms with Crippen LogP contribution in [0.25, 0.3) is 11.8 Å². The molecule has 2 aromatic rings. The maximum Gasteiger partial charge on any atom is 0.0359 e. The third kappa shape index (κ3) is 3.41. The number of hydrogen-bond acceptors (Lipinski definition) is 0. The molecule has 0 saturated carbocycles. The number of halogens is 2. The van der Waals surface area contributed by atoms with Gasteiger partial charge < -0.3 is 29.4 Å². The number of hydrogen-bond donors (Lipinski definition) is 0. The molecule has 22 heavy (non-hydrogen) atoms.